The molecule has 8 atom stereocenters. The minimum Gasteiger partial charge on any atom is -0.496 e. The maximum Gasteiger partial charge on any atom is 0.246 e. The summed E-state index contributed by atoms with van der Waals surface area (Å²) < 4.78 is 12.1. The average Bonchev–Trinajstić information content (AvgIpc) is 3.63. The predicted octanol–water partition coefficient (Wildman–Crippen LogP) is 5.05. The zero-order valence-corrected chi connectivity index (χ0v) is 25.7. The second-order valence-corrected chi connectivity index (χ2v) is 13.1. The van der Waals surface area contributed by atoms with E-state index in [2.05, 4.69) is 38.3 Å². The number of amides is 3. The summed E-state index contributed by atoms with van der Waals surface area (Å²) in [5.41, 5.74) is 1.41. The summed E-state index contributed by atoms with van der Waals surface area (Å²) in [5, 5.41) is 6.34. The van der Waals surface area contributed by atoms with Crippen LogP contribution in [0.5, 0.6) is 5.75 Å². The average molecular weight is 586 g/mol. The highest BCUT2D eigenvalue weighted by Crippen LogP contribution is 2.55. The van der Waals surface area contributed by atoms with E-state index in [9.17, 15) is 14.4 Å². The van der Waals surface area contributed by atoms with Gasteiger partial charge < -0.3 is 25.0 Å². The van der Waals surface area contributed by atoms with Gasteiger partial charge in [-0.05, 0) is 47.9 Å². The van der Waals surface area contributed by atoms with E-state index < -0.39 is 29.6 Å². The molecule has 8 nitrogen and oxygen atoms in total. The molecule has 3 aliphatic heterocycles. The number of ether oxygens (including phenoxy) is 2. The number of anilines is 1. The van der Waals surface area contributed by atoms with Gasteiger partial charge in [0.15, 0.2) is 0 Å². The number of carbonyl (C=O) groups excluding carboxylic acids is 3. The molecule has 2 N–H and O–H groups in total. The lowest BCUT2D eigenvalue weighted by atomic mass is 9.73. The molecule has 1 spiro atoms. The summed E-state index contributed by atoms with van der Waals surface area (Å²) in [5.74, 6) is -0.491. The molecule has 2 aromatic rings. The van der Waals surface area contributed by atoms with Crippen LogP contribution in [0.3, 0.4) is 0 Å². The minimum absolute atomic E-state index is 0.0189. The third-order valence-corrected chi connectivity index (χ3v) is 10.3. The number of nitrogens with one attached hydrogen (secondary N) is 2. The van der Waals surface area contributed by atoms with Gasteiger partial charge in [0.05, 0.1) is 31.6 Å². The number of methoxy groups -OCH3 is 1. The van der Waals surface area contributed by atoms with Crippen LogP contribution in [-0.2, 0) is 25.7 Å². The van der Waals surface area contributed by atoms with Crippen LogP contribution < -0.4 is 15.4 Å². The molecule has 8 heteroatoms. The first-order valence-electron chi connectivity index (χ1n) is 15.7. The van der Waals surface area contributed by atoms with Crippen LogP contribution in [-0.4, -0.2) is 53.5 Å². The number of likely N-dealkylation sites (tertiary alicyclic amines) is 1. The van der Waals surface area contributed by atoms with Crippen LogP contribution in [0.15, 0.2) is 60.7 Å². The van der Waals surface area contributed by atoms with Gasteiger partial charge in [-0.15, -0.1) is 0 Å². The quantitative estimate of drug-likeness (QED) is 0.423. The lowest BCUT2D eigenvalue weighted by Crippen LogP contribution is -2.57. The Hall–Kier alpha value is -3.65. The smallest absolute Gasteiger partial charge is 0.246 e. The fraction of sp³-hybridized carbons (Fsp3) is 0.514. The number of carbonyl (C=O) groups is 3. The molecule has 1 saturated carbocycles. The fourth-order valence-corrected chi connectivity index (χ4v) is 7.68. The molecular formula is C35H43N3O5. The van der Waals surface area contributed by atoms with Crippen molar-refractivity contribution in [3.8, 4) is 5.75 Å². The van der Waals surface area contributed by atoms with Crippen molar-refractivity contribution in [1.82, 2.24) is 10.2 Å². The third kappa shape index (κ3) is 5.03. The Bertz CT molecular complexity index is 1420. The molecule has 228 valence electrons. The van der Waals surface area contributed by atoms with E-state index in [1.807, 2.05) is 60.7 Å². The molecule has 3 heterocycles. The van der Waals surface area contributed by atoms with Crippen molar-refractivity contribution in [1.29, 1.82) is 0 Å². The van der Waals surface area contributed by atoms with E-state index in [4.69, 9.17) is 9.47 Å². The summed E-state index contributed by atoms with van der Waals surface area (Å²) in [6, 6.07) is 14.4. The third-order valence-electron chi connectivity index (χ3n) is 10.3. The molecule has 2 aromatic carbocycles. The highest BCUT2D eigenvalue weighted by molar-refractivity contribution is 6.02. The predicted molar refractivity (Wildman–Crippen MR) is 164 cm³/mol. The Labute approximate surface area is 254 Å². The lowest BCUT2D eigenvalue weighted by Gasteiger charge is -2.38. The van der Waals surface area contributed by atoms with Crippen molar-refractivity contribution in [3.63, 3.8) is 0 Å². The monoisotopic (exact) mass is 585 g/mol. The Kier molecular flexibility index (Phi) is 7.84. The van der Waals surface area contributed by atoms with Crippen molar-refractivity contribution in [2.45, 2.75) is 83.2 Å². The van der Waals surface area contributed by atoms with Crippen molar-refractivity contribution in [3.05, 3.63) is 71.8 Å². The van der Waals surface area contributed by atoms with Crippen molar-refractivity contribution < 1.29 is 23.9 Å². The minimum atomic E-state index is -1.22. The van der Waals surface area contributed by atoms with Crippen LogP contribution in [0.2, 0.25) is 0 Å². The summed E-state index contributed by atoms with van der Waals surface area (Å²) in [4.78, 5) is 44.1. The number of nitrogens with zero attached hydrogens (tertiary/aromatic N) is 1. The summed E-state index contributed by atoms with van der Waals surface area (Å²) in [7, 11) is 1.59. The summed E-state index contributed by atoms with van der Waals surface area (Å²) >= 11 is 0. The van der Waals surface area contributed by atoms with Crippen LogP contribution in [0.4, 0.5) is 5.69 Å². The Balaban J connectivity index is 1.32. The van der Waals surface area contributed by atoms with E-state index in [0.29, 0.717) is 29.2 Å². The van der Waals surface area contributed by atoms with Crippen LogP contribution in [0.25, 0.3) is 0 Å². The Morgan fingerprint density at radius 1 is 1.07 bits per heavy atom. The van der Waals surface area contributed by atoms with Crippen LogP contribution in [0.1, 0.15) is 64.0 Å². The molecule has 3 amide bonds. The highest BCUT2D eigenvalue weighted by atomic mass is 16.5. The molecule has 43 heavy (non-hydrogen) atoms. The molecule has 6 rings (SSSR count). The topological polar surface area (TPSA) is 97.0 Å². The van der Waals surface area contributed by atoms with Gasteiger partial charge in [0.25, 0.3) is 0 Å². The number of para-hydroxylation sites is 1. The SMILES string of the molecule is COc1ccccc1CN1C(=O)[C@H]2[C@H](C(=O)Nc3ccc(C(C)C)cc3)[C@H]3C=C[C@@]2(O3)[C@@H]1C(=O)N[C@@H]1CCC[C@H](C)[C@@H]1C. The molecule has 3 fully saturated rings. The highest BCUT2D eigenvalue weighted by Gasteiger charge is 2.72. The second-order valence-electron chi connectivity index (χ2n) is 13.1. The van der Waals surface area contributed by atoms with E-state index in [0.717, 1.165) is 24.8 Å². The summed E-state index contributed by atoms with van der Waals surface area (Å²) in [6.45, 7) is 8.83. The number of hydrogen-bond donors (Lipinski definition) is 2. The normalized spacial score (nSPS) is 32.7. The largest absolute Gasteiger partial charge is 0.496 e. The molecule has 2 bridgehead atoms. The number of benzene rings is 2. The molecule has 2 saturated heterocycles. The molecule has 0 radical (unpaired) electrons. The van der Waals surface area contributed by atoms with Gasteiger partial charge in [0.1, 0.15) is 17.4 Å². The van der Waals surface area contributed by atoms with Gasteiger partial charge >= 0.3 is 0 Å². The fourth-order valence-electron chi connectivity index (χ4n) is 7.68. The standard InChI is InChI=1S/C35H43N3O5/c1-20(2)23-13-15-25(16-14-23)36-32(39)29-28-17-18-35(43-28)30(29)34(41)38(19-24-10-6-7-12-27(24)42-5)31(35)33(40)37-26-11-8-9-21(3)22(26)4/h6-7,10,12-18,20-22,26,28-31H,8-9,11,19H2,1-5H3,(H,36,39)(H,37,40)/t21-,22-,26+,28+,29+,30+,31-,35-/m0/s1. The molecular weight excluding hydrogens is 542 g/mol. The number of fused-ring (bicyclic) bond motifs is 1. The first-order valence-corrected chi connectivity index (χ1v) is 15.7. The van der Waals surface area contributed by atoms with Crippen LogP contribution in [0, 0.1) is 23.7 Å². The maximum absolute atomic E-state index is 14.4. The lowest BCUT2D eigenvalue weighted by molar-refractivity contribution is -0.142. The number of rotatable bonds is 8. The van der Waals surface area contributed by atoms with E-state index in [1.165, 1.54) is 5.56 Å². The van der Waals surface area contributed by atoms with Gasteiger partial charge in [0.2, 0.25) is 17.7 Å². The first-order chi connectivity index (χ1) is 20.6. The van der Waals surface area contributed by atoms with Crippen molar-refractivity contribution in [2.24, 2.45) is 23.7 Å². The van der Waals surface area contributed by atoms with Crippen LogP contribution >= 0.6 is 0 Å². The zero-order chi connectivity index (χ0) is 30.5. The van der Waals surface area contributed by atoms with E-state index in [-0.39, 0.29) is 30.3 Å². The molecule has 4 aliphatic rings. The van der Waals surface area contributed by atoms with Gasteiger partial charge in [-0.25, -0.2) is 0 Å². The Morgan fingerprint density at radius 2 is 1.81 bits per heavy atom. The van der Waals surface area contributed by atoms with Gasteiger partial charge in [0, 0.05) is 17.3 Å². The molecule has 1 aliphatic carbocycles. The van der Waals surface area contributed by atoms with Crippen molar-refractivity contribution >= 4 is 23.4 Å². The number of hydrogen-bond acceptors (Lipinski definition) is 5. The van der Waals surface area contributed by atoms with Gasteiger partial charge in [-0.3, -0.25) is 14.4 Å². The van der Waals surface area contributed by atoms with E-state index >= 15 is 0 Å². The molecule has 0 aromatic heterocycles. The van der Waals surface area contributed by atoms with E-state index in [1.54, 1.807) is 12.0 Å². The Morgan fingerprint density at radius 3 is 2.53 bits per heavy atom. The maximum atomic E-state index is 14.4. The molecule has 0 unspecified atom stereocenters. The zero-order valence-electron chi connectivity index (χ0n) is 25.7. The van der Waals surface area contributed by atoms with Gasteiger partial charge in [-0.1, -0.05) is 83.0 Å². The summed E-state index contributed by atoms with van der Waals surface area (Å²) in [6.07, 6.45) is 6.24. The van der Waals surface area contributed by atoms with Gasteiger partial charge in [-0.2, -0.15) is 0 Å². The first kappa shape index (κ1) is 29.4. The second kappa shape index (κ2) is 11.5. The van der Waals surface area contributed by atoms with Crippen molar-refractivity contribution in [2.75, 3.05) is 12.4 Å².